The number of carbonyl (C=O) groups excluding carboxylic acids is 3. The van der Waals surface area contributed by atoms with Crippen LogP contribution in [0.1, 0.15) is 58.4 Å². The maximum Gasteiger partial charge on any atom is 0.410 e. The van der Waals surface area contributed by atoms with Crippen LogP contribution < -0.4 is 4.72 Å². The molecule has 0 radical (unpaired) electrons. The molecule has 1 saturated carbocycles. The molecule has 3 rings (SSSR count). The molecule has 0 unspecified atom stereocenters. The van der Waals surface area contributed by atoms with Gasteiger partial charge in [-0.2, -0.15) is 0 Å². The minimum Gasteiger partial charge on any atom is -0.442 e. The molecule has 1 aliphatic carbocycles. The van der Waals surface area contributed by atoms with Crippen LogP contribution in [-0.2, 0) is 24.3 Å². The van der Waals surface area contributed by atoms with Crippen LogP contribution in [-0.4, -0.2) is 92.7 Å². The number of hydrogen-bond donors (Lipinski definition) is 2. The van der Waals surface area contributed by atoms with Crippen LogP contribution in [0.4, 0.5) is 10.5 Å². The minimum absolute atomic E-state index is 0.0628. The van der Waals surface area contributed by atoms with Crippen LogP contribution in [0.5, 0.6) is 0 Å². The molecule has 0 spiro atoms. The molecule has 0 aromatic heterocycles. The Kier molecular flexibility index (Phi) is 13.0. The number of piperazine rings is 1. The highest BCUT2D eigenvalue weighted by Gasteiger charge is 2.35. The Bertz CT molecular complexity index is 1250. The lowest BCUT2D eigenvalue weighted by molar-refractivity contribution is -0.111. The number of nitrogens with one attached hydrogen (secondary N) is 1. The lowest BCUT2D eigenvalue weighted by Gasteiger charge is -2.33. The fourth-order valence-corrected chi connectivity index (χ4v) is 6.48. The van der Waals surface area contributed by atoms with E-state index >= 15 is 0 Å². The lowest BCUT2D eigenvalue weighted by atomic mass is 9.86. The lowest BCUT2D eigenvalue weighted by Crippen LogP contribution is -2.48. The van der Waals surface area contributed by atoms with Crippen LogP contribution in [0.3, 0.4) is 0 Å². The summed E-state index contributed by atoms with van der Waals surface area (Å²) in [5.74, 6) is -0.806. The van der Waals surface area contributed by atoms with Gasteiger partial charge in [0.2, 0.25) is 10.0 Å². The van der Waals surface area contributed by atoms with Crippen molar-refractivity contribution in [1.82, 2.24) is 9.80 Å². The van der Waals surface area contributed by atoms with E-state index in [1.807, 2.05) is 52.1 Å². The highest BCUT2D eigenvalue weighted by molar-refractivity contribution is 7.93. The Balaban J connectivity index is 1.72. The average molecular weight is 618 g/mol. The van der Waals surface area contributed by atoms with E-state index in [9.17, 15) is 27.9 Å². The number of aldehydes is 2. The van der Waals surface area contributed by atoms with E-state index in [0.717, 1.165) is 30.5 Å². The Morgan fingerprint density at radius 1 is 1.12 bits per heavy atom. The van der Waals surface area contributed by atoms with E-state index in [0.29, 0.717) is 50.7 Å². The number of sulfonamides is 1. The summed E-state index contributed by atoms with van der Waals surface area (Å²) < 4.78 is 33.3. The van der Waals surface area contributed by atoms with E-state index < -0.39 is 34.2 Å². The molecule has 1 aromatic rings. The number of allylic oxidation sites excluding steroid dienone is 2. The van der Waals surface area contributed by atoms with Crippen molar-refractivity contribution >= 4 is 40.5 Å². The molecule has 11 heteroatoms. The van der Waals surface area contributed by atoms with Gasteiger partial charge in [0.25, 0.3) is 0 Å². The van der Waals surface area contributed by atoms with Gasteiger partial charge in [-0.1, -0.05) is 43.7 Å². The molecule has 238 valence electrons. The normalized spacial score (nSPS) is 20.2. The predicted octanol–water partition coefficient (Wildman–Crippen LogP) is 4.12. The van der Waals surface area contributed by atoms with Gasteiger partial charge in [0.1, 0.15) is 18.7 Å². The SMILES string of the molecule is C/C(=C\c1cccc(NS(=O)(=O)C2CC2)c1)[C@@H](C=O)[C@@H](C)/C=C/[C@H](OC(=O)N1CCN(C)CC1)[C@@H](C)CC[C@@H](O)CC=O. The van der Waals surface area contributed by atoms with Crippen molar-refractivity contribution in [2.45, 2.75) is 70.3 Å². The molecule has 1 amide bonds. The Labute approximate surface area is 256 Å². The quantitative estimate of drug-likeness (QED) is 0.209. The number of anilines is 1. The van der Waals surface area contributed by atoms with Gasteiger partial charge in [0.05, 0.1) is 11.4 Å². The van der Waals surface area contributed by atoms with Gasteiger partial charge in [0.15, 0.2) is 0 Å². The molecule has 0 bridgehead atoms. The molecule has 1 heterocycles. The number of nitrogens with zero attached hydrogens (tertiary/aromatic N) is 2. The van der Waals surface area contributed by atoms with Crippen molar-refractivity contribution in [2.24, 2.45) is 17.8 Å². The van der Waals surface area contributed by atoms with Crippen LogP contribution >= 0.6 is 0 Å². The van der Waals surface area contributed by atoms with Crippen molar-refractivity contribution in [3.05, 3.63) is 47.6 Å². The summed E-state index contributed by atoms with van der Waals surface area (Å²) in [7, 11) is -1.37. The molecular weight excluding hydrogens is 570 g/mol. The third-order valence-electron chi connectivity index (χ3n) is 8.23. The van der Waals surface area contributed by atoms with E-state index in [4.69, 9.17) is 4.74 Å². The number of benzene rings is 1. The zero-order valence-corrected chi connectivity index (χ0v) is 26.5. The van der Waals surface area contributed by atoms with Crippen LogP contribution in [0.25, 0.3) is 6.08 Å². The van der Waals surface area contributed by atoms with Gasteiger partial charge in [-0.15, -0.1) is 0 Å². The first-order valence-electron chi connectivity index (χ1n) is 15.1. The van der Waals surface area contributed by atoms with Gasteiger partial charge in [-0.3, -0.25) is 4.72 Å². The predicted molar refractivity (Wildman–Crippen MR) is 168 cm³/mol. The summed E-state index contributed by atoms with van der Waals surface area (Å²) in [6.07, 6.45) is 7.83. The standard InChI is InChI=1S/C32H47N3O7S/c1-23(30(22-37)25(3)20-26-6-5-7-27(21-26)33-43(40,41)29-11-12-29)9-13-31(24(2)8-10-28(38)14-19-36)42-32(39)35-17-15-34(4)16-18-35/h5-7,9,13,19-24,28-31,33,38H,8,10-12,14-18H2,1-4H3/b13-9+,25-20+/t23-,24-,28+,30-,31-/m0/s1. The highest BCUT2D eigenvalue weighted by Crippen LogP contribution is 2.30. The molecule has 5 atom stereocenters. The Morgan fingerprint density at radius 3 is 2.44 bits per heavy atom. The van der Waals surface area contributed by atoms with Crippen molar-refractivity contribution in [1.29, 1.82) is 0 Å². The smallest absolute Gasteiger partial charge is 0.410 e. The first-order valence-corrected chi connectivity index (χ1v) is 16.7. The number of amides is 1. The number of carbonyl (C=O) groups is 3. The van der Waals surface area contributed by atoms with Crippen LogP contribution in [0, 0.1) is 17.8 Å². The van der Waals surface area contributed by atoms with E-state index in [2.05, 4.69) is 9.62 Å². The maximum absolute atomic E-state index is 13.0. The Morgan fingerprint density at radius 2 is 1.81 bits per heavy atom. The number of aliphatic hydroxyl groups excluding tert-OH is 1. The van der Waals surface area contributed by atoms with Gasteiger partial charge in [-0.05, 0) is 75.3 Å². The van der Waals surface area contributed by atoms with Crippen molar-refractivity contribution < 1.29 is 32.6 Å². The largest absolute Gasteiger partial charge is 0.442 e. The van der Waals surface area contributed by atoms with Gasteiger partial charge >= 0.3 is 6.09 Å². The number of aliphatic hydroxyl groups is 1. The third kappa shape index (κ3) is 10.9. The van der Waals surface area contributed by atoms with Crippen molar-refractivity contribution in [3.63, 3.8) is 0 Å². The monoisotopic (exact) mass is 617 g/mol. The second-order valence-corrected chi connectivity index (χ2v) is 14.0. The summed E-state index contributed by atoms with van der Waals surface area (Å²) in [5, 5.41) is 9.72. The molecule has 10 nitrogen and oxygen atoms in total. The zero-order valence-electron chi connectivity index (χ0n) is 25.7. The van der Waals surface area contributed by atoms with Crippen molar-refractivity contribution in [3.8, 4) is 0 Å². The topological polar surface area (TPSA) is 133 Å². The van der Waals surface area contributed by atoms with E-state index in [1.54, 1.807) is 23.1 Å². The summed E-state index contributed by atoms with van der Waals surface area (Å²) in [4.78, 5) is 39.8. The second-order valence-electron chi connectivity index (χ2n) is 12.0. The molecule has 1 aliphatic heterocycles. The summed E-state index contributed by atoms with van der Waals surface area (Å²) >= 11 is 0. The second kappa shape index (κ2) is 16.2. The molecular formula is C32H47N3O7S. The average Bonchev–Trinajstić information content (AvgIpc) is 3.81. The van der Waals surface area contributed by atoms with E-state index in [1.165, 1.54) is 0 Å². The first kappa shape index (κ1) is 34.5. The van der Waals surface area contributed by atoms with Gasteiger partial charge in [-0.25, -0.2) is 13.2 Å². The molecule has 1 aromatic carbocycles. The number of likely N-dealkylation sites (N-methyl/N-ethyl adjacent to an activating group) is 1. The summed E-state index contributed by atoms with van der Waals surface area (Å²) in [5.41, 5.74) is 2.07. The highest BCUT2D eigenvalue weighted by atomic mass is 32.2. The molecule has 2 fully saturated rings. The maximum atomic E-state index is 13.0. The fraction of sp³-hybridized carbons (Fsp3) is 0.594. The molecule has 2 aliphatic rings. The molecule has 2 N–H and O–H groups in total. The summed E-state index contributed by atoms with van der Waals surface area (Å²) in [6, 6.07) is 7.09. The van der Waals surface area contributed by atoms with Crippen molar-refractivity contribution in [2.75, 3.05) is 37.9 Å². The summed E-state index contributed by atoms with van der Waals surface area (Å²) in [6.45, 7) is 8.42. The minimum atomic E-state index is -3.38. The van der Waals surface area contributed by atoms with Gasteiger partial charge in [0, 0.05) is 44.2 Å². The zero-order chi connectivity index (χ0) is 31.6. The van der Waals surface area contributed by atoms with Crippen LogP contribution in [0.15, 0.2) is 42.0 Å². The molecule has 43 heavy (non-hydrogen) atoms. The fourth-order valence-electron chi connectivity index (χ4n) is 5.10. The van der Waals surface area contributed by atoms with Crippen LogP contribution in [0.2, 0.25) is 0 Å². The number of hydrogen-bond acceptors (Lipinski definition) is 8. The number of rotatable bonds is 16. The first-order chi connectivity index (χ1) is 20.4. The number of ether oxygens (including phenoxy) is 1. The van der Waals surface area contributed by atoms with E-state index in [-0.39, 0.29) is 23.5 Å². The molecule has 1 saturated heterocycles. The Hall–Kier alpha value is -3.02. The van der Waals surface area contributed by atoms with Gasteiger partial charge < -0.3 is 29.2 Å². The third-order valence-corrected chi connectivity index (χ3v) is 10.1.